The molecule has 4 heteroatoms. The molecule has 2 N–H and O–H groups in total. The second kappa shape index (κ2) is 8.75. The van der Waals surface area contributed by atoms with Crippen molar-refractivity contribution in [3.05, 3.63) is 113 Å². The van der Waals surface area contributed by atoms with Crippen LogP contribution in [0.5, 0.6) is 0 Å². The van der Waals surface area contributed by atoms with E-state index in [0.29, 0.717) is 5.56 Å². The highest BCUT2D eigenvalue weighted by Crippen LogP contribution is 2.33. The molecule has 0 bridgehead atoms. The topological polar surface area (TPSA) is 54.0 Å². The Morgan fingerprint density at radius 1 is 0.879 bits per heavy atom. The van der Waals surface area contributed by atoms with Crippen LogP contribution in [0.15, 0.2) is 84.9 Å². The smallest absolute Gasteiger partial charge is 0.255 e. The Hall–Kier alpha value is -4.18. The van der Waals surface area contributed by atoms with Gasteiger partial charge in [0.15, 0.2) is 0 Å². The molecule has 1 aliphatic rings. The maximum Gasteiger partial charge on any atom is 0.255 e. The third kappa shape index (κ3) is 4.41. The molecule has 3 aromatic carbocycles. The quantitative estimate of drug-likeness (QED) is 0.360. The van der Waals surface area contributed by atoms with E-state index in [-0.39, 0.29) is 5.91 Å². The van der Waals surface area contributed by atoms with E-state index in [0.717, 1.165) is 57.1 Å². The number of carbonyl (C=O) groups excluding carboxylic acids is 1. The zero-order valence-electron chi connectivity index (χ0n) is 18.7. The zero-order chi connectivity index (χ0) is 22.8. The average Bonchev–Trinajstić information content (AvgIpc) is 3.30. The number of hydrogen-bond acceptors (Lipinski definition) is 3. The van der Waals surface area contributed by atoms with Crippen LogP contribution in [0.25, 0.3) is 17.3 Å². The number of rotatable bonds is 5. The van der Waals surface area contributed by atoms with E-state index in [1.165, 1.54) is 0 Å². The number of pyridine rings is 1. The van der Waals surface area contributed by atoms with Crippen molar-refractivity contribution in [1.29, 1.82) is 0 Å². The predicted octanol–water partition coefficient (Wildman–Crippen LogP) is 6.93. The number of nitrogens with zero attached hydrogens (tertiary/aromatic N) is 1. The van der Waals surface area contributed by atoms with Gasteiger partial charge >= 0.3 is 0 Å². The minimum absolute atomic E-state index is 0.131. The third-order valence-electron chi connectivity index (χ3n) is 5.85. The number of benzene rings is 3. The molecule has 0 atom stereocenters. The highest BCUT2D eigenvalue weighted by molar-refractivity contribution is 6.05. The fraction of sp³-hybridized carbons (Fsp3) is 0.103. The second-order valence-electron chi connectivity index (χ2n) is 8.37. The lowest BCUT2D eigenvalue weighted by Crippen LogP contribution is -2.12. The van der Waals surface area contributed by atoms with Gasteiger partial charge in [-0.15, -0.1) is 0 Å². The van der Waals surface area contributed by atoms with Crippen LogP contribution in [0.1, 0.15) is 32.7 Å². The minimum Gasteiger partial charge on any atom is -0.355 e. The summed E-state index contributed by atoms with van der Waals surface area (Å²) in [5.74, 6) is -0.131. The van der Waals surface area contributed by atoms with E-state index in [1.54, 1.807) is 0 Å². The van der Waals surface area contributed by atoms with Gasteiger partial charge in [-0.3, -0.25) is 9.78 Å². The van der Waals surface area contributed by atoms with Gasteiger partial charge in [0, 0.05) is 40.2 Å². The van der Waals surface area contributed by atoms with Gasteiger partial charge in [0.1, 0.15) is 0 Å². The molecule has 1 amide bonds. The number of amides is 1. The molecule has 5 rings (SSSR count). The molecular formula is C29H25N3O. The normalized spacial score (nSPS) is 11.8. The molecule has 1 aliphatic carbocycles. The van der Waals surface area contributed by atoms with Gasteiger partial charge in [0.2, 0.25) is 0 Å². The van der Waals surface area contributed by atoms with E-state index < -0.39 is 0 Å². The Kier molecular flexibility index (Phi) is 5.49. The highest BCUT2D eigenvalue weighted by Gasteiger charge is 2.16. The Morgan fingerprint density at radius 3 is 2.55 bits per heavy atom. The van der Waals surface area contributed by atoms with Crippen LogP contribution in [0, 0.1) is 13.8 Å². The molecule has 0 unspecified atom stereocenters. The Bertz CT molecular complexity index is 1370. The average molecular weight is 432 g/mol. The van der Waals surface area contributed by atoms with Crippen LogP contribution in [-0.2, 0) is 6.42 Å². The summed E-state index contributed by atoms with van der Waals surface area (Å²) >= 11 is 0. The second-order valence-corrected chi connectivity index (χ2v) is 8.37. The Morgan fingerprint density at radius 2 is 1.73 bits per heavy atom. The first kappa shape index (κ1) is 20.7. The number of carbonyl (C=O) groups is 1. The molecule has 33 heavy (non-hydrogen) atoms. The van der Waals surface area contributed by atoms with Gasteiger partial charge in [-0.2, -0.15) is 0 Å². The summed E-state index contributed by atoms with van der Waals surface area (Å²) in [5.41, 5.74) is 9.64. The van der Waals surface area contributed by atoms with E-state index in [9.17, 15) is 4.79 Å². The highest BCUT2D eigenvalue weighted by atomic mass is 16.1. The Labute approximate surface area is 194 Å². The SMILES string of the molecule is Cc1cccc(NC(=O)c2ccc(C)c(Nc3cc(-c4ccccc4)nc4c3C=CC4)c2)c1. The van der Waals surface area contributed by atoms with E-state index >= 15 is 0 Å². The van der Waals surface area contributed by atoms with Crippen molar-refractivity contribution in [2.24, 2.45) is 0 Å². The summed E-state index contributed by atoms with van der Waals surface area (Å²) in [6, 6.07) is 25.8. The first-order chi connectivity index (χ1) is 16.1. The predicted molar refractivity (Wildman–Crippen MR) is 136 cm³/mol. The lowest BCUT2D eigenvalue weighted by Gasteiger charge is -2.16. The molecule has 4 nitrogen and oxygen atoms in total. The van der Waals surface area contributed by atoms with Crippen LogP contribution >= 0.6 is 0 Å². The van der Waals surface area contributed by atoms with Crippen molar-refractivity contribution in [3.63, 3.8) is 0 Å². The van der Waals surface area contributed by atoms with E-state index in [2.05, 4.69) is 41.0 Å². The van der Waals surface area contributed by atoms with Crippen molar-refractivity contribution in [2.45, 2.75) is 20.3 Å². The zero-order valence-corrected chi connectivity index (χ0v) is 18.7. The van der Waals surface area contributed by atoms with Crippen LogP contribution in [0.2, 0.25) is 0 Å². The van der Waals surface area contributed by atoms with Crippen LogP contribution < -0.4 is 10.6 Å². The molecule has 162 valence electrons. The number of allylic oxidation sites excluding steroid dienone is 1. The van der Waals surface area contributed by atoms with Crippen molar-refractivity contribution < 1.29 is 4.79 Å². The summed E-state index contributed by atoms with van der Waals surface area (Å²) in [4.78, 5) is 17.8. The van der Waals surface area contributed by atoms with E-state index in [1.807, 2.05) is 74.5 Å². The van der Waals surface area contributed by atoms with Gasteiger partial charge in [-0.05, 0) is 55.3 Å². The molecule has 0 aliphatic heterocycles. The lowest BCUT2D eigenvalue weighted by molar-refractivity contribution is 0.102. The largest absolute Gasteiger partial charge is 0.355 e. The minimum atomic E-state index is -0.131. The van der Waals surface area contributed by atoms with Crippen LogP contribution in [-0.4, -0.2) is 10.9 Å². The van der Waals surface area contributed by atoms with Crippen LogP contribution in [0.4, 0.5) is 17.1 Å². The first-order valence-corrected chi connectivity index (χ1v) is 11.1. The van der Waals surface area contributed by atoms with Crippen molar-refractivity contribution in [1.82, 2.24) is 4.98 Å². The number of aryl methyl sites for hydroxylation is 2. The molecule has 0 saturated heterocycles. The van der Waals surface area contributed by atoms with Gasteiger partial charge < -0.3 is 10.6 Å². The molecule has 4 aromatic rings. The van der Waals surface area contributed by atoms with Crippen LogP contribution in [0.3, 0.4) is 0 Å². The summed E-state index contributed by atoms with van der Waals surface area (Å²) in [6.45, 7) is 4.05. The van der Waals surface area contributed by atoms with E-state index in [4.69, 9.17) is 4.98 Å². The third-order valence-corrected chi connectivity index (χ3v) is 5.85. The molecule has 0 radical (unpaired) electrons. The maximum absolute atomic E-state index is 12.9. The fourth-order valence-electron chi connectivity index (χ4n) is 4.07. The van der Waals surface area contributed by atoms with Gasteiger partial charge in [0.05, 0.1) is 11.4 Å². The van der Waals surface area contributed by atoms with Crippen molar-refractivity contribution in [2.75, 3.05) is 10.6 Å². The number of nitrogens with one attached hydrogen (secondary N) is 2. The van der Waals surface area contributed by atoms with Crippen molar-refractivity contribution in [3.8, 4) is 11.3 Å². The molecule has 0 spiro atoms. The molecule has 0 saturated carbocycles. The summed E-state index contributed by atoms with van der Waals surface area (Å²) in [5, 5.41) is 6.57. The monoisotopic (exact) mass is 431 g/mol. The maximum atomic E-state index is 12.9. The number of fused-ring (bicyclic) bond motifs is 1. The summed E-state index contributed by atoms with van der Waals surface area (Å²) in [6.07, 6.45) is 5.07. The number of anilines is 3. The molecule has 1 aromatic heterocycles. The first-order valence-electron chi connectivity index (χ1n) is 11.1. The summed E-state index contributed by atoms with van der Waals surface area (Å²) < 4.78 is 0. The number of hydrogen-bond donors (Lipinski definition) is 2. The van der Waals surface area contributed by atoms with Gasteiger partial charge in [-0.1, -0.05) is 60.7 Å². The summed E-state index contributed by atoms with van der Waals surface area (Å²) in [7, 11) is 0. The standard InChI is InChI=1S/C29H25N3O/c1-19-8-6-11-23(16-19)30-29(33)22-15-14-20(2)26(17-22)32-28-18-27(21-9-4-3-5-10-21)31-25-13-7-12-24(25)28/h3-12,14-18H,13H2,1-2H3,(H,30,33)(H,31,32). The molecule has 1 heterocycles. The molecule has 0 fully saturated rings. The lowest BCUT2D eigenvalue weighted by atomic mass is 10.1. The Balaban J connectivity index is 1.47. The van der Waals surface area contributed by atoms with Crippen molar-refractivity contribution >= 4 is 29.0 Å². The van der Waals surface area contributed by atoms with Gasteiger partial charge in [0.25, 0.3) is 5.91 Å². The fourth-order valence-corrected chi connectivity index (χ4v) is 4.07. The number of aromatic nitrogens is 1. The molecular weight excluding hydrogens is 406 g/mol. The van der Waals surface area contributed by atoms with Gasteiger partial charge in [-0.25, -0.2) is 0 Å².